The van der Waals surface area contributed by atoms with E-state index in [1.54, 1.807) is 14.2 Å². The van der Waals surface area contributed by atoms with Crippen molar-refractivity contribution in [1.29, 1.82) is 0 Å². The van der Waals surface area contributed by atoms with E-state index in [1.807, 2.05) is 49.4 Å². The third-order valence-corrected chi connectivity index (χ3v) is 4.07. The average Bonchev–Trinajstić information content (AvgIpc) is 3.10. The largest absolute Gasteiger partial charge is 0.493 e. The van der Waals surface area contributed by atoms with E-state index in [0.717, 1.165) is 16.6 Å². The Morgan fingerprint density at radius 2 is 1.92 bits per heavy atom. The summed E-state index contributed by atoms with van der Waals surface area (Å²) in [7, 11) is 3.17. The molecule has 0 bridgehead atoms. The Hall–Kier alpha value is -3.22. The number of aromatic nitrogens is 2. The lowest BCUT2D eigenvalue weighted by Crippen LogP contribution is -2.37. The number of amides is 2. The highest BCUT2D eigenvalue weighted by atomic mass is 16.5. The second-order valence-corrected chi connectivity index (χ2v) is 5.88. The maximum atomic E-state index is 12.2. The van der Waals surface area contributed by atoms with Crippen molar-refractivity contribution in [2.75, 3.05) is 14.2 Å². The SMILES string of the molecule is COc1ccc(CNC(=O)N[C@@H](C)c2nc3ccccc3[nH]2)cc1OC. The zero-order valence-corrected chi connectivity index (χ0v) is 15.0. The maximum Gasteiger partial charge on any atom is 0.315 e. The molecular weight excluding hydrogens is 332 g/mol. The normalized spacial score (nSPS) is 11.8. The average molecular weight is 354 g/mol. The fraction of sp³-hybridized carbons (Fsp3) is 0.263. The van der Waals surface area contributed by atoms with Gasteiger partial charge in [-0.1, -0.05) is 18.2 Å². The van der Waals surface area contributed by atoms with Crippen LogP contribution in [-0.4, -0.2) is 30.2 Å². The van der Waals surface area contributed by atoms with E-state index in [4.69, 9.17) is 9.47 Å². The van der Waals surface area contributed by atoms with Gasteiger partial charge in [-0.2, -0.15) is 0 Å². The van der Waals surface area contributed by atoms with Gasteiger partial charge in [-0.3, -0.25) is 0 Å². The third kappa shape index (κ3) is 3.88. The van der Waals surface area contributed by atoms with Crippen LogP contribution in [0.4, 0.5) is 4.79 Å². The molecule has 0 unspecified atom stereocenters. The molecule has 1 atom stereocenters. The molecule has 7 heteroatoms. The summed E-state index contributed by atoms with van der Waals surface area (Å²) >= 11 is 0. The number of nitrogens with zero attached hydrogens (tertiary/aromatic N) is 1. The first-order chi connectivity index (χ1) is 12.6. The lowest BCUT2D eigenvalue weighted by atomic mass is 10.2. The predicted molar refractivity (Wildman–Crippen MR) is 99.4 cm³/mol. The lowest BCUT2D eigenvalue weighted by Gasteiger charge is -2.13. The summed E-state index contributed by atoms with van der Waals surface area (Å²) in [6.45, 7) is 2.26. The van der Waals surface area contributed by atoms with Crippen LogP contribution < -0.4 is 20.1 Å². The van der Waals surface area contributed by atoms with Crippen LogP contribution in [-0.2, 0) is 6.54 Å². The number of para-hydroxylation sites is 2. The minimum Gasteiger partial charge on any atom is -0.493 e. The summed E-state index contributed by atoms with van der Waals surface area (Å²) in [5.74, 6) is 1.99. The molecule has 1 heterocycles. The smallest absolute Gasteiger partial charge is 0.315 e. The number of benzene rings is 2. The summed E-state index contributed by atoms with van der Waals surface area (Å²) in [4.78, 5) is 19.9. The molecule has 0 aliphatic rings. The van der Waals surface area contributed by atoms with Crippen molar-refractivity contribution in [3.8, 4) is 11.5 Å². The number of carbonyl (C=O) groups is 1. The summed E-state index contributed by atoms with van der Waals surface area (Å²) in [6.07, 6.45) is 0. The number of fused-ring (bicyclic) bond motifs is 1. The Labute approximate surface area is 151 Å². The number of H-pyrrole nitrogens is 1. The van der Waals surface area contributed by atoms with Gasteiger partial charge < -0.3 is 25.1 Å². The van der Waals surface area contributed by atoms with Crippen LogP contribution in [0, 0.1) is 0 Å². The summed E-state index contributed by atoms with van der Waals surface area (Å²) < 4.78 is 10.5. The second kappa shape index (κ2) is 7.77. The molecule has 0 aliphatic heterocycles. The zero-order valence-electron chi connectivity index (χ0n) is 15.0. The van der Waals surface area contributed by atoms with E-state index in [0.29, 0.717) is 23.9 Å². The number of imidazole rings is 1. The second-order valence-electron chi connectivity index (χ2n) is 5.88. The first-order valence-corrected chi connectivity index (χ1v) is 8.30. The van der Waals surface area contributed by atoms with Crippen molar-refractivity contribution in [3.63, 3.8) is 0 Å². The highest BCUT2D eigenvalue weighted by Crippen LogP contribution is 2.27. The van der Waals surface area contributed by atoms with E-state index >= 15 is 0 Å². The minimum atomic E-state index is -0.271. The monoisotopic (exact) mass is 354 g/mol. The number of aromatic amines is 1. The fourth-order valence-electron chi connectivity index (χ4n) is 2.67. The summed E-state index contributed by atoms with van der Waals surface area (Å²) in [5.41, 5.74) is 2.73. The Morgan fingerprint density at radius 3 is 2.65 bits per heavy atom. The summed E-state index contributed by atoms with van der Waals surface area (Å²) in [5, 5.41) is 5.71. The number of hydrogen-bond donors (Lipinski definition) is 3. The van der Waals surface area contributed by atoms with Crippen LogP contribution in [0.3, 0.4) is 0 Å². The van der Waals surface area contributed by atoms with E-state index in [1.165, 1.54) is 0 Å². The fourth-order valence-corrected chi connectivity index (χ4v) is 2.67. The topological polar surface area (TPSA) is 88.3 Å². The molecule has 3 rings (SSSR count). The standard InChI is InChI=1S/C19H22N4O3/c1-12(18-22-14-6-4-5-7-15(14)23-18)21-19(24)20-11-13-8-9-16(25-2)17(10-13)26-3/h4-10,12H,11H2,1-3H3,(H,22,23)(H2,20,21,24)/t12-/m0/s1. The van der Waals surface area contributed by atoms with Crippen molar-refractivity contribution in [2.24, 2.45) is 0 Å². The molecule has 0 saturated carbocycles. The van der Waals surface area contributed by atoms with Gasteiger partial charge in [0.15, 0.2) is 11.5 Å². The molecule has 1 aromatic heterocycles. The summed E-state index contributed by atoms with van der Waals surface area (Å²) in [6, 6.07) is 12.8. The van der Waals surface area contributed by atoms with E-state index in [9.17, 15) is 4.79 Å². The Morgan fingerprint density at radius 1 is 1.15 bits per heavy atom. The molecule has 2 amide bonds. The highest BCUT2D eigenvalue weighted by Gasteiger charge is 2.13. The lowest BCUT2D eigenvalue weighted by molar-refractivity contribution is 0.237. The van der Waals surface area contributed by atoms with Gasteiger partial charge in [0.2, 0.25) is 0 Å². The molecule has 0 radical (unpaired) electrons. The van der Waals surface area contributed by atoms with Crippen LogP contribution in [0.5, 0.6) is 11.5 Å². The molecular formula is C19H22N4O3. The van der Waals surface area contributed by atoms with Gasteiger partial charge in [0.1, 0.15) is 5.82 Å². The molecule has 0 aliphatic carbocycles. The molecule has 3 aromatic rings. The van der Waals surface area contributed by atoms with Crippen LogP contribution in [0.1, 0.15) is 24.4 Å². The molecule has 0 spiro atoms. The van der Waals surface area contributed by atoms with Crippen molar-refractivity contribution >= 4 is 17.1 Å². The van der Waals surface area contributed by atoms with Crippen LogP contribution in [0.15, 0.2) is 42.5 Å². The Balaban J connectivity index is 1.58. The zero-order chi connectivity index (χ0) is 18.5. The van der Waals surface area contributed by atoms with Crippen molar-refractivity contribution in [2.45, 2.75) is 19.5 Å². The Kier molecular flexibility index (Phi) is 5.26. The van der Waals surface area contributed by atoms with Crippen molar-refractivity contribution < 1.29 is 14.3 Å². The molecule has 0 saturated heterocycles. The van der Waals surface area contributed by atoms with Crippen LogP contribution in [0.2, 0.25) is 0 Å². The maximum absolute atomic E-state index is 12.2. The van der Waals surface area contributed by atoms with E-state index in [-0.39, 0.29) is 12.1 Å². The molecule has 136 valence electrons. The van der Waals surface area contributed by atoms with Crippen LogP contribution in [0.25, 0.3) is 11.0 Å². The number of nitrogens with one attached hydrogen (secondary N) is 3. The van der Waals surface area contributed by atoms with Gasteiger partial charge in [0.25, 0.3) is 0 Å². The predicted octanol–water partition coefficient (Wildman–Crippen LogP) is 3.14. The van der Waals surface area contributed by atoms with Crippen LogP contribution >= 0.6 is 0 Å². The first-order valence-electron chi connectivity index (χ1n) is 8.30. The number of hydrogen-bond acceptors (Lipinski definition) is 4. The molecule has 26 heavy (non-hydrogen) atoms. The molecule has 0 fully saturated rings. The van der Waals surface area contributed by atoms with Gasteiger partial charge in [-0.15, -0.1) is 0 Å². The van der Waals surface area contributed by atoms with Gasteiger partial charge in [-0.25, -0.2) is 9.78 Å². The third-order valence-electron chi connectivity index (χ3n) is 4.07. The van der Waals surface area contributed by atoms with E-state index in [2.05, 4.69) is 20.6 Å². The van der Waals surface area contributed by atoms with Crippen molar-refractivity contribution in [1.82, 2.24) is 20.6 Å². The number of rotatable bonds is 6. The van der Waals surface area contributed by atoms with Crippen molar-refractivity contribution in [3.05, 3.63) is 53.9 Å². The molecule has 3 N–H and O–H groups in total. The number of ether oxygens (including phenoxy) is 2. The molecule has 2 aromatic carbocycles. The quantitative estimate of drug-likeness (QED) is 0.634. The van der Waals surface area contributed by atoms with Gasteiger partial charge in [0.05, 0.1) is 31.3 Å². The molecule has 7 nitrogen and oxygen atoms in total. The first kappa shape index (κ1) is 17.6. The number of urea groups is 1. The highest BCUT2D eigenvalue weighted by molar-refractivity contribution is 5.76. The van der Waals surface area contributed by atoms with Gasteiger partial charge in [0, 0.05) is 6.54 Å². The Bertz CT molecular complexity index is 874. The minimum absolute atomic E-state index is 0.243. The van der Waals surface area contributed by atoms with Gasteiger partial charge >= 0.3 is 6.03 Å². The van der Waals surface area contributed by atoms with E-state index < -0.39 is 0 Å². The number of methoxy groups -OCH3 is 2. The number of carbonyl (C=O) groups excluding carboxylic acids is 1. The van der Waals surface area contributed by atoms with Gasteiger partial charge in [-0.05, 0) is 36.8 Å².